The summed E-state index contributed by atoms with van der Waals surface area (Å²) in [7, 11) is -4.07. The Morgan fingerprint density at radius 1 is 1.20 bits per heavy atom. The van der Waals surface area contributed by atoms with Gasteiger partial charge in [0.1, 0.15) is 11.6 Å². The van der Waals surface area contributed by atoms with Gasteiger partial charge in [0.25, 0.3) is 6.01 Å². The smallest absolute Gasteiger partial charge is 0.407 e. The van der Waals surface area contributed by atoms with E-state index < -0.39 is 34.4 Å². The van der Waals surface area contributed by atoms with Crippen molar-refractivity contribution in [3.8, 4) is 0 Å². The van der Waals surface area contributed by atoms with Crippen LogP contribution >= 0.6 is 0 Å². The van der Waals surface area contributed by atoms with Gasteiger partial charge in [-0.1, -0.05) is 44.2 Å². The third-order valence-electron chi connectivity index (χ3n) is 7.28. The normalized spacial score (nSPS) is 22.2. The molecule has 0 spiro atoms. The highest BCUT2D eigenvalue weighted by Crippen LogP contribution is 2.33. The second kappa shape index (κ2) is 12.3. The molecule has 1 aromatic heterocycles. The van der Waals surface area contributed by atoms with Gasteiger partial charge in [-0.05, 0) is 36.5 Å². The minimum Gasteiger partial charge on any atom is -0.443 e. The van der Waals surface area contributed by atoms with Gasteiger partial charge in [0.05, 0.1) is 36.2 Å². The molecule has 13 heteroatoms. The van der Waals surface area contributed by atoms with Crippen LogP contribution in [0.25, 0.3) is 11.1 Å². The number of hydrogen-bond acceptors (Lipinski definition) is 10. The summed E-state index contributed by atoms with van der Waals surface area (Å²) in [4.78, 5) is 17.0. The molecule has 222 valence electrons. The molecule has 3 heterocycles. The first-order chi connectivity index (χ1) is 19.6. The molecular weight excluding hydrogens is 552 g/mol. The number of carbonyl (C=O) groups is 1. The Hall–Kier alpha value is -3.23. The Kier molecular flexibility index (Phi) is 8.80. The molecule has 5 atom stereocenters. The summed E-state index contributed by atoms with van der Waals surface area (Å²) in [5.74, 6) is -0.0851. The van der Waals surface area contributed by atoms with Crippen LogP contribution < -0.4 is 11.1 Å². The van der Waals surface area contributed by atoms with Crippen molar-refractivity contribution in [2.24, 2.45) is 11.8 Å². The SMILES string of the molecule is CC(C)CN(C[C@@H](O)[C@H](Cc1ccccc1)NC(=O)OC1COC2OCCC12)S(=O)(=O)c1ccc2nc(N)oc2c1. The molecule has 12 nitrogen and oxygen atoms in total. The first-order valence-electron chi connectivity index (χ1n) is 13.7. The Bertz CT molecular complexity index is 1450. The maximum Gasteiger partial charge on any atom is 0.407 e. The van der Waals surface area contributed by atoms with E-state index in [0.717, 1.165) is 12.0 Å². The number of benzene rings is 2. The topological polar surface area (TPSA) is 166 Å². The predicted octanol–water partition coefficient (Wildman–Crippen LogP) is 2.52. The highest BCUT2D eigenvalue weighted by Gasteiger charge is 2.44. The molecular formula is C28H36N4O8S. The molecule has 5 rings (SSSR count). The molecule has 4 N–H and O–H groups in total. The van der Waals surface area contributed by atoms with Crippen LogP contribution in [0, 0.1) is 11.8 Å². The van der Waals surface area contributed by atoms with Crippen molar-refractivity contribution in [1.29, 1.82) is 0 Å². The largest absolute Gasteiger partial charge is 0.443 e. The summed E-state index contributed by atoms with van der Waals surface area (Å²) < 4.78 is 50.8. The number of hydrogen-bond donors (Lipinski definition) is 3. The van der Waals surface area contributed by atoms with E-state index in [-0.39, 0.29) is 60.7 Å². The van der Waals surface area contributed by atoms with Gasteiger partial charge < -0.3 is 34.8 Å². The van der Waals surface area contributed by atoms with Gasteiger partial charge in [0.2, 0.25) is 10.0 Å². The van der Waals surface area contributed by atoms with Crippen LogP contribution in [0.2, 0.25) is 0 Å². The van der Waals surface area contributed by atoms with Crippen LogP contribution in [-0.2, 0) is 30.7 Å². The number of aliphatic hydroxyl groups is 1. The number of fused-ring (bicyclic) bond motifs is 2. The molecule has 0 aliphatic carbocycles. The minimum absolute atomic E-state index is 0.0180. The number of nitrogens with one attached hydrogen (secondary N) is 1. The Morgan fingerprint density at radius 3 is 2.73 bits per heavy atom. The highest BCUT2D eigenvalue weighted by atomic mass is 32.2. The van der Waals surface area contributed by atoms with Crippen molar-refractivity contribution >= 4 is 33.2 Å². The number of carbonyl (C=O) groups excluding carboxylic acids is 1. The van der Waals surface area contributed by atoms with Gasteiger partial charge in [-0.2, -0.15) is 9.29 Å². The maximum absolute atomic E-state index is 13.8. The summed E-state index contributed by atoms with van der Waals surface area (Å²) in [5, 5.41) is 14.2. The fraction of sp³-hybridized carbons (Fsp3) is 0.500. The Balaban J connectivity index is 1.35. The summed E-state index contributed by atoms with van der Waals surface area (Å²) >= 11 is 0. The number of nitrogen functional groups attached to an aromatic ring is 1. The molecule has 2 saturated heterocycles. The van der Waals surface area contributed by atoms with E-state index in [4.69, 9.17) is 24.4 Å². The number of amides is 1. The van der Waals surface area contributed by atoms with Crippen molar-refractivity contribution in [2.45, 2.75) is 56.1 Å². The number of rotatable bonds is 11. The van der Waals surface area contributed by atoms with E-state index in [1.807, 2.05) is 44.2 Å². The van der Waals surface area contributed by atoms with Crippen LogP contribution in [0.3, 0.4) is 0 Å². The van der Waals surface area contributed by atoms with Crippen LogP contribution in [0.15, 0.2) is 57.8 Å². The standard InChI is InChI=1S/C28H36N4O8S/c1-17(2)14-32(41(35,36)19-8-9-21-24(13-19)39-27(29)30-21)15-23(33)22(12-18-6-4-3-5-7-18)31-28(34)40-25-16-38-26-20(25)10-11-37-26/h3-9,13,17,20,22-23,25-26,33H,10-12,14-16H2,1-2H3,(H2,29,30)(H,31,34)/t20?,22-,23+,25?,26?/m0/s1. The van der Waals surface area contributed by atoms with Crippen molar-refractivity contribution in [2.75, 3.05) is 32.0 Å². The number of nitrogens with zero attached hydrogens (tertiary/aromatic N) is 2. The number of nitrogens with two attached hydrogens (primary N) is 1. The summed E-state index contributed by atoms with van der Waals surface area (Å²) in [6.07, 6.45) is -1.82. The third-order valence-corrected chi connectivity index (χ3v) is 9.11. The average Bonchev–Trinajstić information content (AvgIpc) is 3.64. The fourth-order valence-electron chi connectivity index (χ4n) is 5.27. The lowest BCUT2D eigenvalue weighted by Gasteiger charge is -2.31. The molecule has 2 aliphatic heterocycles. The molecule has 41 heavy (non-hydrogen) atoms. The number of sulfonamides is 1. The first-order valence-corrected chi connectivity index (χ1v) is 15.1. The minimum atomic E-state index is -4.07. The maximum atomic E-state index is 13.8. The van der Waals surface area contributed by atoms with E-state index in [0.29, 0.717) is 12.1 Å². The molecule has 0 saturated carbocycles. The van der Waals surface area contributed by atoms with E-state index in [1.54, 1.807) is 0 Å². The molecule has 2 fully saturated rings. The van der Waals surface area contributed by atoms with Gasteiger partial charge in [-0.15, -0.1) is 0 Å². The zero-order chi connectivity index (χ0) is 29.1. The van der Waals surface area contributed by atoms with E-state index in [2.05, 4.69) is 10.3 Å². The fourth-order valence-corrected chi connectivity index (χ4v) is 6.91. The summed E-state index contributed by atoms with van der Waals surface area (Å²) in [6.45, 7) is 4.42. The van der Waals surface area contributed by atoms with Gasteiger partial charge in [-0.25, -0.2) is 13.2 Å². The molecule has 1 amide bonds. The van der Waals surface area contributed by atoms with Crippen molar-refractivity contribution < 1.29 is 36.9 Å². The molecule has 2 aliphatic rings. The quantitative estimate of drug-likeness (QED) is 0.303. The van der Waals surface area contributed by atoms with Crippen LogP contribution in [-0.4, -0.2) is 79.7 Å². The number of aliphatic hydroxyl groups excluding tert-OH is 1. The number of ether oxygens (including phenoxy) is 3. The lowest BCUT2D eigenvalue weighted by molar-refractivity contribution is -0.0907. The Labute approximate surface area is 238 Å². The molecule has 2 aromatic carbocycles. The highest BCUT2D eigenvalue weighted by molar-refractivity contribution is 7.89. The summed E-state index contributed by atoms with van der Waals surface area (Å²) in [6, 6.07) is 12.7. The van der Waals surface area contributed by atoms with Crippen LogP contribution in [0.4, 0.5) is 10.8 Å². The van der Waals surface area contributed by atoms with Crippen LogP contribution in [0.5, 0.6) is 0 Å². The van der Waals surface area contributed by atoms with Gasteiger partial charge in [0.15, 0.2) is 11.9 Å². The van der Waals surface area contributed by atoms with E-state index in [1.165, 1.54) is 22.5 Å². The monoisotopic (exact) mass is 588 g/mol. The number of oxazole rings is 1. The van der Waals surface area contributed by atoms with Gasteiger partial charge in [0, 0.05) is 19.2 Å². The average molecular weight is 589 g/mol. The zero-order valence-corrected chi connectivity index (χ0v) is 23.8. The van der Waals surface area contributed by atoms with E-state index in [9.17, 15) is 18.3 Å². The molecule has 3 unspecified atom stereocenters. The Morgan fingerprint density at radius 2 is 1.98 bits per heavy atom. The van der Waals surface area contributed by atoms with Crippen molar-refractivity contribution in [3.63, 3.8) is 0 Å². The van der Waals surface area contributed by atoms with Gasteiger partial charge >= 0.3 is 6.09 Å². The third kappa shape index (κ3) is 6.81. The second-order valence-electron chi connectivity index (χ2n) is 10.9. The number of anilines is 1. The zero-order valence-electron chi connectivity index (χ0n) is 23.0. The van der Waals surface area contributed by atoms with Crippen molar-refractivity contribution in [3.05, 3.63) is 54.1 Å². The van der Waals surface area contributed by atoms with E-state index >= 15 is 0 Å². The van der Waals surface area contributed by atoms with Crippen molar-refractivity contribution in [1.82, 2.24) is 14.6 Å². The molecule has 0 radical (unpaired) electrons. The molecule has 0 bridgehead atoms. The lowest BCUT2D eigenvalue weighted by Crippen LogP contribution is -2.51. The predicted molar refractivity (Wildman–Crippen MR) is 149 cm³/mol. The van der Waals surface area contributed by atoms with Gasteiger partial charge in [-0.3, -0.25) is 0 Å². The second-order valence-corrected chi connectivity index (χ2v) is 12.8. The molecule has 3 aromatic rings. The summed E-state index contributed by atoms with van der Waals surface area (Å²) in [5.41, 5.74) is 7.16. The van der Waals surface area contributed by atoms with Crippen LogP contribution in [0.1, 0.15) is 25.8 Å². The lowest BCUT2D eigenvalue weighted by atomic mass is 10.0. The first kappa shape index (κ1) is 29.3. The number of aromatic nitrogens is 1. The number of alkyl carbamates (subject to hydrolysis) is 1.